The largest absolute Gasteiger partial charge is 0.494 e. The molecule has 0 fully saturated rings. The number of hydrogen-bond donors (Lipinski definition) is 2. The molecule has 0 heterocycles. The first-order chi connectivity index (χ1) is 16.1. The third-order valence-corrected chi connectivity index (χ3v) is 6.57. The van der Waals surface area contributed by atoms with E-state index in [1.165, 1.54) is 26.4 Å². The molecule has 0 atom stereocenters. The van der Waals surface area contributed by atoms with Crippen molar-refractivity contribution >= 4 is 33.3 Å². The van der Waals surface area contributed by atoms with Gasteiger partial charge in [-0.15, -0.1) is 0 Å². The van der Waals surface area contributed by atoms with Crippen LogP contribution >= 0.6 is 11.6 Å². The summed E-state index contributed by atoms with van der Waals surface area (Å²) in [5, 5.41) is 9.46. The summed E-state index contributed by atoms with van der Waals surface area (Å²) < 4.78 is 67.3. The first-order valence-electron chi connectivity index (χ1n) is 9.75. The number of halogens is 3. The van der Waals surface area contributed by atoms with E-state index < -0.39 is 44.8 Å². The molecule has 0 amide bonds. The lowest BCUT2D eigenvalue weighted by molar-refractivity contribution is -0.139. The maximum Gasteiger partial charge on any atom is 0.309 e. The summed E-state index contributed by atoms with van der Waals surface area (Å²) in [7, 11) is -2.14. The maximum atomic E-state index is 14.6. The van der Waals surface area contributed by atoms with Crippen LogP contribution in [0.4, 0.5) is 14.5 Å². The highest BCUT2D eigenvalue weighted by atomic mass is 35.5. The molecule has 0 unspecified atom stereocenters. The van der Waals surface area contributed by atoms with Gasteiger partial charge in [-0.25, -0.2) is 17.2 Å². The van der Waals surface area contributed by atoms with Crippen molar-refractivity contribution in [2.24, 2.45) is 0 Å². The van der Waals surface area contributed by atoms with Gasteiger partial charge in [-0.05, 0) is 34.9 Å². The van der Waals surface area contributed by atoms with E-state index in [1.54, 1.807) is 18.2 Å². The number of carbonyl (C=O) groups excluding carboxylic acids is 1. The summed E-state index contributed by atoms with van der Waals surface area (Å²) in [6, 6.07) is 10.3. The molecule has 0 aliphatic heterocycles. The molecule has 0 aliphatic carbocycles. The minimum absolute atomic E-state index is 0.0959. The fourth-order valence-electron chi connectivity index (χ4n) is 3.31. The molecule has 11 heteroatoms. The molecule has 0 aliphatic rings. The molecule has 34 heavy (non-hydrogen) atoms. The topological polar surface area (TPSA) is 102 Å². The van der Waals surface area contributed by atoms with Crippen molar-refractivity contribution in [1.82, 2.24) is 0 Å². The van der Waals surface area contributed by atoms with E-state index in [9.17, 15) is 27.1 Å². The van der Waals surface area contributed by atoms with Crippen molar-refractivity contribution in [3.05, 3.63) is 76.3 Å². The van der Waals surface area contributed by atoms with Crippen LogP contribution < -0.4 is 9.46 Å². The molecule has 0 saturated heterocycles. The number of hydrogen-bond acceptors (Lipinski definition) is 6. The molecule has 3 rings (SSSR count). The van der Waals surface area contributed by atoms with Crippen LogP contribution in [0.3, 0.4) is 0 Å². The third kappa shape index (κ3) is 5.30. The molecule has 0 spiro atoms. The number of carbonyl (C=O) groups is 1. The summed E-state index contributed by atoms with van der Waals surface area (Å²) in [5.41, 5.74) is 0.193. The monoisotopic (exact) mass is 511 g/mol. The van der Waals surface area contributed by atoms with Gasteiger partial charge in [0.1, 0.15) is 16.5 Å². The molecular weight excluding hydrogens is 492 g/mol. The second-order valence-electron chi connectivity index (χ2n) is 7.09. The normalized spacial score (nSPS) is 11.2. The molecule has 2 N–H and O–H groups in total. The molecule has 0 aromatic heterocycles. The molecular formula is C23H20ClF2NO6S. The number of sulfonamides is 1. The van der Waals surface area contributed by atoms with Gasteiger partial charge in [-0.3, -0.25) is 9.52 Å². The number of ether oxygens (including phenoxy) is 2. The lowest BCUT2D eigenvalue weighted by Crippen LogP contribution is -2.16. The van der Waals surface area contributed by atoms with Gasteiger partial charge < -0.3 is 14.6 Å². The number of rotatable bonds is 8. The standard InChI is InChI=1S/C23H20ClF2NO6S/c1-32-22(29)9-13-7-17(24)23(33-2)21(8-13)34(30,31)27-20-10-16(18(25)11-19(20)26)15-6-4-3-5-14(15)12-28/h3-8,10-11,27-28H,9,12H2,1-2H3. The van der Waals surface area contributed by atoms with Gasteiger partial charge in [0.25, 0.3) is 10.0 Å². The van der Waals surface area contributed by atoms with Crippen molar-refractivity contribution in [3.63, 3.8) is 0 Å². The Balaban J connectivity index is 2.10. The Hall–Kier alpha value is -3.21. The zero-order chi connectivity index (χ0) is 25.0. The Morgan fingerprint density at radius 2 is 1.76 bits per heavy atom. The zero-order valence-electron chi connectivity index (χ0n) is 18.1. The Morgan fingerprint density at radius 3 is 2.41 bits per heavy atom. The first kappa shape index (κ1) is 25.4. The van der Waals surface area contributed by atoms with E-state index in [2.05, 4.69) is 9.46 Å². The van der Waals surface area contributed by atoms with E-state index >= 15 is 0 Å². The summed E-state index contributed by atoms with van der Waals surface area (Å²) in [5.74, 6) is -2.96. The van der Waals surface area contributed by atoms with Crippen molar-refractivity contribution in [2.45, 2.75) is 17.9 Å². The highest BCUT2D eigenvalue weighted by molar-refractivity contribution is 7.92. The van der Waals surface area contributed by atoms with Crippen LogP contribution in [0.1, 0.15) is 11.1 Å². The van der Waals surface area contributed by atoms with Crippen molar-refractivity contribution in [1.29, 1.82) is 0 Å². The second kappa shape index (κ2) is 10.4. The van der Waals surface area contributed by atoms with Gasteiger partial charge in [-0.1, -0.05) is 35.9 Å². The Labute approximate surface area is 199 Å². The molecule has 180 valence electrons. The van der Waals surface area contributed by atoms with Gasteiger partial charge in [0, 0.05) is 11.6 Å². The number of benzene rings is 3. The van der Waals surface area contributed by atoms with Crippen LogP contribution in [0.5, 0.6) is 5.75 Å². The molecule has 0 radical (unpaired) electrons. The number of aliphatic hydroxyl groups is 1. The van der Waals surface area contributed by atoms with E-state index in [4.69, 9.17) is 16.3 Å². The van der Waals surface area contributed by atoms with Gasteiger partial charge in [0.2, 0.25) is 0 Å². The van der Waals surface area contributed by atoms with Crippen LogP contribution in [-0.4, -0.2) is 33.7 Å². The predicted octanol–water partition coefficient (Wildman–Crippen LogP) is 4.30. The van der Waals surface area contributed by atoms with Gasteiger partial charge in [-0.2, -0.15) is 0 Å². The fourth-order valence-corrected chi connectivity index (χ4v) is 4.99. The number of nitrogens with one attached hydrogen (secondary N) is 1. The minimum atomic E-state index is -4.52. The number of anilines is 1. The SMILES string of the molecule is COC(=O)Cc1cc(Cl)c(OC)c(S(=O)(=O)Nc2cc(-c3ccccc3CO)c(F)cc2F)c1. The average Bonchev–Trinajstić information content (AvgIpc) is 2.80. The van der Waals surface area contributed by atoms with Crippen LogP contribution in [0.25, 0.3) is 11.1 Å². The van der Waals surface area contributed by atoms with E-state index in [1.807, 2.05) is 0 Å². The highest BCUT2D eigenvalue weighted by Crippen LogP contribution is 2.36. The van der Waals surface area contributed by atoms with Gasteiger partial charge in [0.15, 0.2) is 5.75 Å². The zero-order valence-corrected chi connectivity index (χ0v) is 19.6. The number of aliphatic hydroxyl groups excluding tert-OH is 1. The highest BCUT2D eigenvalue weighted by Gasteiger charge is 2.26. The minimum Gasteiger partial charge on any atom is -0.494 e. The lowest BCUT2D eigenvalue weighted by atomic mass is 9.99. The number of methoxy groups -OCH3 is 2. The van der Waals surface area contributed by atoms with Crippen molar-refractivity contribution < 1.29 is 36.6 Å². The van der Waals surface area contributed by atoms with Crippen LogP contribution in [0, 0.1) is 11.6 Å². The van der Waals surface area contributed by atoms with Crippen LogP contribution in [0.15, 0.2) is 53.4 Å². The summed E-state index contributed by atoms with van der Waals surface area (Å²) in [6.45, 7) is -0.406. The molecule has 3 aromatic rings. The average molecular weight is 512 g/mol. The van der Waals surface area contributed by atoms with E-state index in [-0.39, 0.29) is 33.9 Å². The second-order valence-corrected chi connectivity index (χ2v) is 9.15. The lowest BCUT2D eigenvalue weighted by Gasteiger charge is -2.16. The molecule has 0 bridgehead atoms. The Morgan fingerprint density at radius 1 is 1.06 bits per heavy atom. The van der Waals surface area contributed by atoms with Crippen molar-refractivity contribution in [3.8, 4) is 16.9 Å². The first-order valence-corrected chi connectivity index (χ1v) is 11.6. The molecule has 3 aromatic carbocycles. The van der Waals surface area contributed by atoms with E-state index in [0.29, 0.717) is 11.6 Å². The fraction of sp³-hybridized carbons (Fsp3) is 0.174. The quantitative estimate of drug-likeness (QED) is 0.437. The predicted molar refractivity (Wildman–Crippen MR) is 122 cm³/mol. The summed E-state index contributed by atoms with van der Waals surface area (Å²) in [4.78, 5) is 11.2. The van der Waals surface area contributed by atoms with Crippen molar-refractivity contribution in [2.75, 3.05) is 18.9 Å². The van der Waals surface area contributed by atoms with Crippen LogP contribution in [0.2, 0.25) is 5.02 Å². The Kier molecular flexibility index (Phi) is 7.75. The smallest absolute Gasteiger partial charge is 0.309 e. The maximum absolute atomic E-state index is 14.6. The summed E-state index contributed by atoms with van der Waals surface area (Å²) in [6.07, 6.45) is -0.268. The van der Waals surface area contributed by atoms with Gasteiger partial charge >= 0.3 is 5.97 Å². The Bertz CT molecular complexity index is 1350. The van der Waals surface area contributed by atoms with Crippen LogP contribution in [-0.2, 0) is 32.6 Å². The van der Waals surface area contributed by atoms with Gasteiger partial charge in [0.05, 0.1) is 38.0 Å². The summed E-state index contributed by atoms with van der Waals surface area (Å²) >= 11 is 6.14. The molecule has 0 saturated carbocycles. The van der Waals surface area contributed by atoms with E-state index in [0.717, 1.165) is 12.1 Å². The number of esters is 1. The molecule has 7 nitrogen and oxygen atoms in total. The third-order valence-electron chi connectivity index (χ3n) is 4.92.